The van der Waals surface area contributed by atoms with E-state index >= 15 is 0 Å². The Bertz CT molecular complexity index is 745. The second kappa shape index (κ2) is 16.7. The lowest BCUT2D eigenvalue weighted by Crippen LogP contribution is -2.61. The van der Waals surface area contributed by atoms with Gasteiger partial charge in [0.05, 0.1) is 86.1 Å². The van der Waals surface area contributed by atoms with Gasteiger partial charge in [0, 0.05) is 59.4 Å². The maximum Gasteiger partial charge on any atom is 0.321 e. The normalized spacial score (nSPS) is 23.2. The molecule has 0 spiro atoms. The van der Waals surface area contributed by atoms with Gasteiger partial charge in [0.1, 0.15) is 6.17 Å². The van der Waals surface area contributed by atoms with E-state index in [1.165, 1.54) is 0 Å². The fraction of sp³-hybridized carbons (Fsp3) is 0.923. The average molecular weight is 571 g/mol. The quantitative estimate of drug-likeness (QED) is 0.186. The second-order valence-electron chi connectivity index (χ2n) is 11.0. The molecule has 230 valence electrons. The van der Waals surface area contributed by atoms with Crippen molar-refractivity contribution in [2.75, 3.05) is 153 Å². The zero-order valence-electron chi connectivity index (χ0n) is 24.5. The molecule has 4 aliphatic rings. The molecule has 0 N–H and O–H groups in total. The summed E-state index contributed by atoms with van der Waals surface area (Å²) in [6.45, 7) is 14.4. The number of amides is 3. The van der Waals surface area contributed by atoms with E-state index in [0.717, 1.165) is 58.8 Å². The van der Waals surface area contributed by atoms with E-state index in [-0.39, 0.29) is 12.2 Å². The number of morpholine rings is 4. The Labute approximate surface area is 239 Å². The highest BCUT2D eigenvalue weighted by Crippen LogP contribution is 2.14. The largest absolute Gasteiger partial charge is 0.379 e. The number of rotatable bonds is 13. The number of hydrogen-bond acceptors (Lipinski definition) is 11. The predicted molar refractivity (Wildman–Crippen MR) is 148 cm³/mol. The van der Waals surface area contributed by atoms with Crippen molar-refractivity contribution in [1.29, 1.82) is 0 Å². The number of urea groups is 1. The van der Waals surface area contributed by atoms with Gasteiger partial charge in [-0.3, -0.25) is 29.3 Å². The molecule has 14 nitrogen and oxygen atoms in total. The average Bonchev–Trinajstić information content (AvgIpc) is 3.00. The van der Waals surface area contributed by atoms with E-state index in [9.17, 15) is 9.59 Å². The van der Waals surface area contributed by atoms with Crippen LogP contribution in [-0.4, -0.2) is 210 Å². The van der Waals surface area contributed by atoms with Gasteiger partial charge in [0.25, 0.3) is 0 Å². The number of hydrogen-bond donors (Lipinski definition) is 0. The summed E-state index contributed by atoms with van der Waals surface area (Å²) in [7, 11) is 3.91. The Morgan fingerprint density at radius 2 is 1.05 bits per heavy atom. The van der Waals surface area contributed by atoms with Crippen molar-refractivity contribution in [2.24, 2.45) is 0 Å². The third-order valence-corrected chi connectivity index (χ3v) is 7.99. The molecule has 4 saturated heterocycles. The van der Waals surface area contributed by atoms with Crippen molar-refractivity contribution in [3.05, 3.63) is 0 Å². The van der Waals surface area contributed by atoms with E-state index in [2.05, 4.69) is 24.5 Å². The van der Waals surface area contributed by atoms with Crippen LogP contribution in [0, 0.1) is 0 Å². The predicted octanol–water partition coefficient (Wildman–Crippen LogP) is -1.78. The van der Waals surface area contributed by atoms with Crippen molar-refractivity contribution in [3.8, 4) is 0 Å². The SMILES string of the molecule is CN(CN1CCOCC1)C(=O)N(C[C@@H](N(C)CN1CCOCC1)N(C=O)CN1CCOCC1)CN1CCOCC1. The van der Waals surface area contributed by atoms with Crippen LogP contribution in [0.3, 0.4) is 0 Å². The summed E-state index contributed by atoms with van der Waals surface area (Å²) in [6.07, 6.45) is 0.634. The van der Waals surface area contributed by atoms with Crippen LogP contribution in [0.1, 0.15) is 0 Å². The molecular formula is C26H50N8O6. The second-order valence-corrected chi connectivity index (χ2v) is 11.0. The lowest BCUT2D eigenvalue weighted by atomic mass is 10.3. The fourth-order valence-electron chi connectivity index (χ4n) is 5.54. The first-order chi connectivity index (χ1) is 19.5. The summed E-state index contributed by atoms with van der Waals surface area (Å²) in [5.41, 5.74) is 0. The first-order valence-electron chi connectivity index (χ1n) is 14.6. The van der Waals surface area contributed by atoms with Gasteiger partial charge in [0.2, 0.25) is 6.41 Å². The van der Waals surface area contributed by atoms with Crippen LogP contribution in [0.2, 0.25) is 0 Å². The number of ether oxygens (including phenoxy) is 4. The maximum absolute atomic E-state index is 14.0. The fourth-order valence-corrected chi connectivity index (χ4v) is 5.54. The highest BCUT2D eigenvalue weighted by Gasteiger charge is 2.32. The van der Waals surface area contributed by atoms with Crippen LogP contribution in [0.4, 0.5) is 4.79 Å². The zero-order chi connectivity index (χ0) is 28.2. The molecule has 4 fully saturated rings. The molecular weight excluding hydrogens is 520 g/mol. The minimum atomic E-state index is -0.301. The van der Waals surface area contributed by atoms with Crippen molar-refractivity contribution in [3.63, 3.8) is 0 Å². The molecule has 4 rings (SSSR count). The Morgan fingerprint density at radius 1 is 0.650 bits per heavy atom. The minimum Gasteiger partial charge on any atom is -0.379 e. The van der Waals surface area contributed by atoms with E-state index in [1.54, 1.807) is 4.90 Å². The van der Waals surface area contributed by atoms with Gasteiger partial charge in [0.15, 0.2) is 0 Å². The van der Waals surface area contributed by atoms with Crippen molar-refractivity contribution in [2.45, 2.75) is 6.17 Å². The lowest BCUT2D eigenvalue weighted by Gasteiger charge is -2.44. The van der Waals surface area contributed by atoms with E-state index in [4.69, 9.17) is 18.9 Å². The Balaban J connectivity index is 1.50. The van der Waals surface area contributed by atoms with Gasteiger partial charge in [-0.2, -0.15) is 0 Å². The molecule has 0 bridgehead atoms. The summed E-state index contributed by atoms with van der Waals surface area (Å²) in [4.78, 5) is 43.4. The Kier molecular flexibility index (Phi) is 13.1. The summed E-state index contributed by atoms with van der Waals surface area (Å²) < 4.78 is 22.1. The van der Waals surface area contributed by atoms with Gasteiger partial charge >= 0.3 is 6.03 Å². The molecule has 0 saturated carbocycles. The number of carbonyl (C=O) groups is 2. The number of nitrogens with zero attached hydrogens (tertiary/aromatic N) is 8. The van der Waals surface area contributed by atoms with Crippen LogP contribution in [0.25, 0.3) is 0 Å². The first kappa shape index (κ1) is 31.3. The Morgan fingerprint density at radius 3 is 1.50 bits per heavy atom. The van der Waals surface area contributed by atoms with Gasteiger partial charge in [-0.15, -0.1) is 0 Å². The smallest absolute Gasteiger partial charge is 0.321 e. The summed E-state index contributed by atoms with van der Waals surface area (Å²) in [5, 5.41) is 0. The molecule has 0 radical (unpaired) electrons. The molecule has 4 heterocycles. The highest BCUT2D eigenvalue weighted by molar-refractivity contribution is 5.74. The van der Waals surface area contributed by atoms with Crippen molar-refractivity contribution < 1.29 is 28.5 Å². The Hall–Kier alpha value is -1.62. The third kappa shape index (κ3) is 9.74. The van der Waals surface area contributed by atoms with Crippen LogP contribution >= 0.6 is 0 Å². The van der Waals surface area contributed by atoms with Gasteiger partial charge in [-0.05, 0) is 7.05 Å². The molecule has 1 atom stereocenters. The van der Waals surface area contributed by atoms with Gasteiger partial charge < -0.3 is 33.6 Å². The van der Waals surface area contributed by atoms with Crippen LogP contribution in [-0.2, 0) is 23.7 Å². The summed E-state index contributed by atoms with van der Waals surface area (Å²) in [5.74, 6) is 0. The molecule has 0 unspecified atom stereocenters. The molecule has 40 heavy (non-hydrogen) atoms. The topological polar surface area (TPSA) is 97.0 Å². The molecule has 14 heteroatoms. The molecule has 0 aliphatic carbocycles. The first-order valence-corrected chi connectivity index (χ1v) is 14.6. The molecule has 4 aliphatic heterocycles. The standard InChI is InChI=1S/C26H50N8O6/c1-27(20-29-3-11-37-12-4-29)25(34(24-35)23-32-9-17-40-18-10-32)19-33(22-31-7-15-39-16-8-31)26(36)28(2)21-30-5-13-38-14-6-30/h24-25H,3-23H2,1-2H3/t25-/m0/s1. The van der Waals surface area contributed by atoms with E-state index in [1.807, 2.05) is 23.9 Å². The lowest BCUT2D eigenvalue weighted by molar-refractivity contribution is -0.131. The molecule has 0 aromatic heterocycles. The van der Waals surface area contributed by atoms with E-state index < -0.39 is 0 Å². The van der Waals surface area contributed by atoms with Crippen molar-refractivity contribution >= 4 is 12.4 Å². The summed E-state index contributed by atoms with van der Waals surface area (Å²) in [6, 6.07) is -0.0417. The molecule has 3 amide bonds. The molecule has 0 aromatic carbocycles. The van der Waals surface area contributed by atoms with Crippen LogP contribution < -0.4 is 0 Å². The minimum absolute atomic E-state index is 0.0417. The van der Waals surface area contributed by atoms with Crippen LogP contribution in [0.5, 0.6) is 0 Å². The summed E-state index contributed by atoms with van der Waals surface area (Å²) >= 11 is 0. The van der Waals surface area contributed by atoms with Crippen molar-refractivity contribution in [1.82, 2.24) is 39.2 Å². The molecule has 0 aromatic rings. The van der Waals surface area contributed by atoms with E-state index in [0.29, 0.717) is 86.1 Å². The maximum atomic E-state index is 14.0. The van der Waals surface area contributed by atoms with Crippen LogP contribution in [0.15, 0.2) is 0 Å². The zero-order valence-corrected chi connectivity index (χ0v) is 24.5. The number of likely N-dealkylation sites (N-methyl/N-ethyl adjacent to an activating group) is 1. The third-order valence-electron chi connectivity index (χ3n) is 7.99. The number of carbonyl (C=O) groups excluding carboxylic acids is 2. The monoisotopic (exact) mass is 570 g/mol. The highest BCUT2D eigenvalue weighted by atomic mass is 16.5. The van der Waals surface area contributed by atoms with Gasteiger partial charge in [-0.25, -0.2) is 4.79 Å². The van der Waals surface area contributed by atoms with Gasteiger partial charge in [-0.1, -0.05) is 0 Å².